The van der Waals surface area contributed by atoms with Gasteiger partial charge in [0.1, 0.15) is 0 Å². The summed E-state index contributed by atoms with van der Waals surface area (Å²) in [6, 6.07) is 18.1. The number of hydrogen-bond acceptors (Lipinski definition) is 2. The summed E-state index contributed by atoms with van der Waals surface area (Å²) in [5, 5.41) is 7.57. The van der Waals surface area contributed by atoms with Crippen molar-refractivity contribution in [1.82, 2.24) is 0 Å². The molecule has 2 aromatic rings. The zero-order chi connectivity index (χ0) is 13.3. The second-order valence-electron chi connectivity index (χ2n) is 4.43. The van der Waals surface area contributed by atoms with E-state index in [9.17, 15) is 0 Å². The summed E-state index contributed by atoms with van der Waals surface area (Å²) in [5.74, 6) is 0. The smallest absolute Gasteiger partial charge is 0.0407 e. The second-order valence-corrected chi connectivity index (χ2v) is 4.87. The summed E-state index contributed by atoms with van der Waals surface area (Å²) in [7, 11) is 0. The van der Waals surface area contributed by atoms with Crippen molar-refractivity contribution in [1.29, 1.82) is 0 Å². The van der Waals surface area contributed by atoms with Crippen LogP contribution in [0.1, 0.15) is 12.8 Å². The van der Waals surface area contributed by atoms with Crippen molar-refractivity contribution in [2.75, 3.05) is 23.7 Å². The van der Waals surface area contributed by atoms with Gasteiger partial charge in [0, 0.05) is 29.5 Å². The molecule has 0 amide bonds. The molecule has 2 rings (SSSR count). The third-order valence-electron chi connectivity index (χ3n) is 2.88. The number of hydrogen-bond donors (Lipinski definition) is 2. The highest BCUT2D eigenvalue weighted by Crippen LogP contribution is 2.13. The van der Waals surface area contributed by atoms with Gasteiger partial charge < -0.3 is 10.6 Å². The largest absolute Gasteiger partial charge is 0.385 e. The topological polar surface area (TPSA) is 24.1 Å². The van der Waals surface area contributed by atoms with Crippen LogP contribution in [0.3, 0.4) is 0 Å². The molecule has 19 heavy (non-hydrogen) atoms. The first-order valence-electron chi connectivity index (χ1n) is 6.63. The predicted molar refractivity (Wildman–Crippen MR) is 84.1 cm³/mol. The summed E-state index contributed by atoms with van der Waals surface area (Å²) in [6.07, 6.45) is 2.29. The molecule has 0 spiro atoms. The SMILES string of the molecule is Clc1ccc(NCCCCNc2ccccc2)cc1. The summed E-state index contributed by atoms with van der Waals surface area (Å²) in [5.41, 5.74) is 2.31. The van der Waals surface area contributed by atoms with Crippen molar-refractivity contribution in [2.45, 2.75) is 12.8 Å². The summed E-state index contributed by atoms with van der Waals surface area (Å²) < 4.78 is 0. The minimum Gasteiger partial charge on any atom is -0.385 e. The normalized spacial score (nSPS) is 10.2. The van der Waals surface area contributed by atoms with Crippen molar-refractivity contribution in [3.63, 3.8) is 0 Å². The number of benzene rings is 2. The molecule has 0 atom stereocenters. The van der Waals surface area contributed by atoms with E-state index in [4.69, 9.17) is 11.6 Å². The van der Waals surface area contributed by atoms with E-state index in [1.807, 2.05) is 42.5 Å². The van der Waals surface area contributed by atoms with Crippen LogP contribution in [0.4, 0.5) is 11.4 Å². The molecule has 2 nitrogen and oxygen atoms in total. The first-order chi connectivity index (χ1) is 9.34. The molecule has 0 aliphatic heterocycles. The van der Waals surface area contributed by atoms with Crippen LogP contribution in [0.2, 0.25) is 5.02 Å². The molecule has 0 saturated carbocycles. The zero-order valence-corrected chi connectivity index (χ0v) is 11.7. The van der Waals surface area contributed by atoms with E-state index < -0.39 is 0 Å². The van der Waals surface area contributed by atoms with E-state index in [0.29, 0.717) is 0 Å². The highest BCUT2D eigenvalue weighted by molar-refractivity contribution is 6.30. The van der Waals surface area contributed by atoms with Gasteiger partial charge in [-0.15, -0.1) is 0 Å². The second kappa shape index (κ2) is 7.70. The summed E-state index contributed by atoms with van der Waals surface area (Å²) in [4.78, 5) is 0. The molecule has 0 aliphatic carbocycles. The third-order valence-corrected chi connectivity index (χ3v) is 3.13. The molecular formula is C16H19ClN2. The Morgan fingerprint density at radius 2 is 1.21 bits per heavy atom. The molecule has 0 unspecified atom stereocenters. The highest BCUT2D eigenvalue weighted by atomic mass is 35.5. The standard InChI is InChI=1S/C16H19ClN2/c17-14-8-10-16(11-9-14)19-13-5-4-12-18-15-6-2-1-3-7-15/h1-3,6-11,18-19H,4-5,12-13H2. The molecule has 100 valence electrons. The Bertz CT molecular complexity index is 468. The van der Waals surface area contributed by atoms with Crippen molar-refractivity contribution >= 4 is 23.0 Å². The van der Waals surface area contributed by atoms with E-state index in [1.165, 1.54) is 5.69 Å². The predicted octanol–water partition coefficient (Wildman–Crippen LogP) is 4.64. The van der Waals surface area contributed by atoms with Gasteiger partial charge in [0.05, 0.1) is 0 Å². The Balaban J connectivity index is 1.56. The van der Waals surface area contributed by atoms with Crippen LogP contribution in [0, 0.1) is 0 Å². The lowest BCUT2D eigenvalue weighted by Crippen LogP contribution is -2.06. The molecule has 0 aromatic heterocycles. The highest BCUT2D eigenvalue weighted by Gasteiger charge is 1.93. The lowest BCUT2D eigenvalue weighted by atomic mass is 10.2. The number of para-hydroxylation sites is 1. The van der Waals surface area contributed by atoms with Crippen LogP contribution >= 0.6 is 11.6 Å². The van der Waals surface area contributed by atoms with Gasteiger partial charge >= 0.3 is 0 Å². The van der Waals surface area contributed by atoms with E-state index >= 15 is 0 Å². The Labute approximate surface area is 119 Å². The Morgan fingerprint density at radius 3 is 1.79 bits per heavy atom. The van der Waals surface area contributed by atoms with Gasteiger partial charge in [0.15, 0.2) is 0 Å². The molecule has 0 heterocycles. The molecule has 2 aromatic carbocycles. The molecule has 3 heteroatoms. The summed E-state index contributed by atoms with van der Waals surface area (Å²) in [6.45, 7) is 1.99. The maximum Gasteiger partial charge on any atom is 0.0407 e. The van der Waals surface area contributed by atoms with Gasteiger partial charge in [-0.05, 0) is 49.2 Å². The molecule has 0 aliphatic rings. The van der Waals surface area contributed by atoms with E-state index in [-0.39, 0.29) is 0 Å². The van der Waals surface area contributed by atoms with Gasteiger partial charge in [-0.2, -0.15) is 0 Å². The van der Waals surface area contributed by atoms with Crippen LogP contribution in [-0.4, -0.2) is 13.1 Å². The van der Waals surface area contributed by atoms with E-state index in [1.54, 1.807) is 0 Å². The molecule has 2 N–H and O–H groups in total. The number of nitrogens with one attached hydrogen (secondary N) is 2. The maximum absolute atomic E-state index is 5.84. The molecule has 0 saturated heterocycles. The number of halogens is 1. The minimum absolute atomic E-state index is 0.776. The monoisotopic (exact) mass is 274 g/mol. The average molecular weight is 275 g/mol. The molecule has 0 radical (unpaired) electrons. The van der Waals surface area contributed by atoms with Gasteiger partial charge in [0.25, 0.3) is 0 Å². The van der Waals surface area contributed by atoms with Crippen molar-refractivity contribution in [2.24, 2.45) is 0 Å². The van der Waals surface area contributed by atoms with Crippen LogP contribution in [0.5, 0.6) is 0 Å². The number of rotatable bonds is 7. The maximum atomic E-state index is 5.84. The van der Waals surface area contributed by atoms with Crippen LogP contribution in [0.15, 0.2) is 54.6 Å². The van der Waals surface area contributed by atoms with Crippen molar-refractivity contribution < 1.29 is 0 Å². The van der Waals surface area contributed by atoms with Crippen LogP contribution < -0.4 is 10.6 Å². The zero-order valence-electron chi connectivity index (χ0n) is 10.9. The summed E-state index contributed by atoms with van der Waals surface area (Å²) >= 11 is 5.84. The van der Waals surface area contributed by atoms with Crippen molar-refractivity contribution in [3.8, 4) is 0 Å². The molecular weight excluding hydrogens is 256 g/mol. The number of anilines is 2. The Morgan fingerprint density at radius 1 is 0.684 bits per heavy atom. The lowest BCUT2D eigenvalue weighted by molar-refractivity contribution is 0.796. The quantitative estimate of drug-likeness (QED) is 0.719. The van der Waals surface area contributed by atoms with Gasteiger partial charge in [-0.3, -0.25) is 0 Å². The minimum atomic E-state index is 0.776. The van der Waals surface area contributed by atoms with E-state index in [2.05, 4.69) is 22.8 Å². The molecule has 0 bridgehead atoms. The van der Waals surface area contributed by atoms with E-state index in [0.717, 1.165) is 36.6 Å². The van der Waals surface area contributed by atoms with Gasteiger partial charge in [-0.25, -0.2) is 0 Å². The first-order valence-corrected chi connectivity index (χ1v) is 7.01. The Hall–Kier alpha value is -1.67. The fourth-order valence-corrected chi connectivity index (χ4v) is 1.97. The number of unbranched alkanes of at least 4 members (excludes halogenated alkanes) is 1. The first kappa shape index (κ1) is 13.8. The fraction of sp³-hybridized carbons (Fsp3) is 0.250. The van der Waals surface area contributed by atoms with Crippen LogP contribution in [0.25, 0.3) is 0 Å². The van der Waals surface area contributed by atoms with Crippen LogP contribution in [-0.2, 0) is 0 Å². The third kappa shape index (κ3) is 5.23. The fourth-order valence-electron chi connectivity index (χ4n) is 1.84. The van der Waals surface area contributed by atoms with Gasteiger partial charge in [0.2, 0.25) is 0 Å². The molecule has 0 fully saturated rings. The Kier molecular flexibility index (Phi) is 5.57. The van der Waals surface area contributed by atoms with Gasteiger partial charge in [-0.1, -0.05) is 29.8 Å². The van der Waals surface area contributed by atoms with Crippen molar-refractivity contribution in [3.05, 3.63) is 59.6 Å². The lowest BCUT2D eigenvalue weighted by Gasteiger charge is -2.08. The average Bonchev–Trinajstić information content (AvgIpc) is 2.46.